The Kier molecular flexibility index (Phi) is 8.42. The molecule has 0 bridgehead atoms. The van der Waals surface area contributed by atoms with Crippen molar-refractivity contribution in [3.63, 3.8) is 0 Å². The van der Waals surface area contributed by atoms with Crippen molar-refractivity contribution < 1.29 is 14.7 Å². The molecule has 5 heteroatoms. The lowest BCUT2D eigenvalue weighted by Crippen LogP contribution is -2.20. The maximum absolute atomic E-state index is 11.7. The highest BCUT2D eigenvalue weighted by molar-refractivity contribution is 7.98. The number of hydrogen-bond acceptors (Lipinski definition) is 4. The van der Waals surface area contributed by atoms with Crippen LogP contribution < -0.4 is 10.2 Å². The van der Waals surface area contributed by atoms with Crippen molar-refractivity contribution in [3.8, 4) is 11.5 Å². The van der Waals surface area contributed by atoms with Crippen molar-refractivity contribution in [2.45, 2.75) is 24.5 Å². The third kappa shape index (κ3) is 6.16. The zero-order valence-electron chi connectivity index (χ0n) is 15.4. The third-order valence-electron chi connectivity index (χ3n) is 3.56. The van der Waals surface area contributed by atoms with Crippen LogP contribution in [0.15, 0.2) is 83.8 Å². The molecular weight excluding hydrogens is 358 g/mol. The highest BCUT2D eigenvalue weighted by Crippen LogP contribution is 2.28. The van der Waals surface area contributed by atoms with Gasteiger partial charge in [-0.25, -0.2) is 5.48 Å². The Labute approximate surface area is 164 Å². The van der Waals surface area contributed by atoms with E-state index in [1.807, 2.05) is 80.6 Å². The van der Waals surface area contributed by atoms with Crippen LogP contribution in [0.25, 0.3) is 0 Å². The van der Waals surface area contributed by atoms with Gasteiger partial charge in [0, 0.05) is 16.2 Å². The number of nitrogens with one attached hydrogen (secondary N) is 1. The molecule has 4 nitrogen and oxygen atoms in total. The number of hydroxylamine groups is 1. The highest BCUT2D eigenvalue weighted by Gasteiger charge is 2.10. The van der Waals surface area contributed by atoms with Gasteiger partial charge in [-0.1, -0.05) is 50.2 Å². The third-order valence-corrected chi connectivity index (χ3v) is 4.62. The lowest BCUT2D eigenvalue weighted by Gasteiger charge is -2.09. The standard InChI is InChI=1S/C20H17NO3S.C2H6/c22-20(21-23)19-9-5-4-6-15(19)14-25-18-12-10-17(11-13-18)24-16-7-2-1-3-8-16;1-2/h1-13,23H,14H2,(H,21,22);1-2H3. The highest BCUT2D eigenvalue weighted by atomic mass is 32.2. The Hall–Kier alpha value is -2.76. The van der Waals surface area contributed by atoms with Gasteiger partial charge in [-0.2, -0.15) is 0 Å². The van der Waals surface area contributed by atoms with Crippen molar-refractivity contribution in [3.05, 3.63) is 90.0 Å². The summed E-state index contributed by atoms with van der Waals surface area (Å²) in [7, 11) is 0. The summed E-state index contributed by atoms with van der Waals surface area (Å²) >= 11 is 1.61. The van der Waals surface area contributed by atoms with Crippen molar-refractivity contribution in [1.82, 2.24) is 5.48 Å². The molecule has 27 heavy (non-hydrogen) atoms. The number of carbonyl (C=O) groups is 1. The van der Waals surface area contributed by atoms with Gasteiger partial charge in [0.15, 0.2) is 0 Å². The zero-order chi connectivity index (χ0) is 19.5. The van der Waals surface area contributed by atoms with Crippen molar-refractivity contribution in [2.75, 3.05) is 0 Å². The second-order valence-electron chi connectivity index (χ2n) is 5.27. The van der Waals surface area contributed by atoms with Gasteiger partial charge < -0.3 is 4.74 Å². The summed E-state index contributed by atoms with van der Waals surface area (Å²) in [6.07, 6.45) is 0. The maximum atomic E-state index is 11.7. The van der Waals surface area contributed by atoms with E-state index < -0.39 is 5.91 Å². The van der Waals surface area contributed by atoms with Crippen LogP contribution in [0.4, 0.5) is 0 Å². The second kappa shape index (κ2) is 11.1. The number of hydrogen-bond donors (Lipinski definition) is 2. The van der Waals surface area contributed by atoms with E-state index in [1.165, 1.54) is 0 Å². The molecule has 0 saturated carbocycles. The Morgan fingerprint density at radius 3 is 2.15 bits per heavy atom. The van der Waals surface area contributed by atoms with E-state index in [9.17, 15) is 4.79 Å². The van der Waals surface area contributed by atoms with Crippen LogP contribution in [0.1, 0.15) is 29.8 Å². The maximum Gasteiger partial charge on any atom is 0.274 e. The minimum absolute atomic E-state index is 0.474. The molecule has 3 rings (SSSR count). The second-order valence-corrected chi connectivity index (χ2v) is 6.32. The average molecular weight is 381 g/mol. The van der Waals surface area contributed by atoms with Gasteiger partial charge in [-0.05, 0) is 48.0 Å². The van der Waals surface area contributed by atoms with Crippen LogP contribution in [-0.4, -0.2) is 11.1 Å². The summed E-state index contributed by atoms with van der Waals surface area (Å²) in [5.74, 6) is 1.70. The monoisotopic (exact) mass is 381 g/mol. The quantitative estimate of drug-likeness (QED) is 0.316. The molecule has 0 aliphatic heterocycles. The molecular formula is C22H23NO3S. The number of ether oxygens (including phenoxy) is 1. The SMILES string of the molecule is CC.O=C(NO)c1ccccc1CSc1ccc(Oc2ccccc2)cc1. The molecule has 0 unspecified atom stereocenters. The predicted octanol–water partition coefficient (Wildman–Crippen LogP) is 5.92. The van der Waals surface area contributed by atoms with Gasteiger partial charge >= 0.3 is 0 Å². The van der Waals surface area contributed by atoms with E-state index in [0.29, 0.717) is 11.3 Å². The normalized spacial score (nSPS) is 9.74. The Bertz CT molecular complexity index is 836. The molecule has 0 aromatic heterocycles. The molecule has 0 aliphatic carbocycles. The fraction of sp³-hybridized carbons (Fsp3) is 0.136. The van der Waals surface area contributed by atoms with Crippen molar-refractivity contribution in [2.24, 2.45) is 0 Å². The minimum Gasteiger partial charge on any atom is -0.457 e. The topological polar surface area (TPSA) is 58.6 Å². The molecule has 2 N–H and O–H groups in total. The number of benzene rings is 3. The van der Waals surface area contributed by atoms with Crippen LogP contribution in [0.5, 0.6) is 11.5 Å². The van der Waals surface area contributed by atoms with Gasteiger partial charge in [0.1, 0.15) is 11.5 Å². The van der Waals surface area contributed by atoms with Gasteiger partial charge in [0.2, 0.25) is 0 Å². The molecule has 1 amide bonds. The molecule has 0 fully saturated rings. The Balaban J connectivity index is 0.00000126. The van der Waals surface area contributed by atoms with Gasteiger partial charge in [0.05, 0.1) is 0 Å². The fourth-order valence-corrected chi connectivity index (χ4v) is 3.22. The summed E-state index contributed by atoms with van der Waals surface area (Å²) in [5.41, 5.74) is 3.02. The van der Waals surface area contributed by atoms with Crippen molar-refractivity contribution in [1.29, 1.82) is 0 Å². The molecule has 0 saturated heterocycles. The van der Waals surface area contributed by atoms with E-state index >= 15 is 0 Å². The lowest BCUT2D eigenvalue weighted by molar-refractivity contribution is 0.0705. The first kappa shape index (κ1) is 20.6. The van der Waals surface area contributed by atoms with Crippen LogP contribution >= 0.6 is 11.8 Å². The predicted molar refractivity (Wildman–Crippen MR) is 110 cm³/mol. The van der Waals surface area contributed by atoms with Crippen molar-refractivity contribution >= 4 is 17.7 Å². The number of carbonyl (C=O) groups excluding carboxylic acids is 1. The van der Waals surface area contributed by atoms with Crippen LogP contribution in [-0.2, 0) is 5.75 Å². The molecule has 3 aromatic rings. The molecule has 0 spiro atoms. The van der Waals surface area contributed by atoms with E-state index in [2.05, 4.69) is 0 Å². The lowest BCUT2D eigenvalue weighted by atomic mass is 10.1. The summed E-state index contributed by atoms with van der Waals surface area (Å²) in [4.78, 5) is 12.7. The number of para-hydroxylation sites is 1. The zero-order valence-corrected chi connectivity index (χ0v) is 16.2. The number of amides is 1. The van der Waals surface area contributed by atoms with Crippen LogP contribution in [0.2, 0.25) is 0 Å². The minimum atomic E-state index is -0.497. The van der Waals surface area contributed by atoms with Crippen LogP contribution in [0, 0.1) is 0 Å². The van der Waals surface area contributed by atoms with Gasteiger partial charge in [-0.15, -0.1) is 11.8 Å². The van der Waals surface area contributed by atoms with E-state index in [0.717, 1.165) is 22.0 Å². The molecule has 0 radical (unpaired) electrons. The molecule has 0 aliphatic rings. The smallest absolute Gasteiger partial charge is 0.274 e. The summed E-state index contributed by atoms with van der Waals surface area (Å²) < 4.78 is 5.77. The van der Waals surface area contributed by atoms with Gasteiger partial charge in [0.25, 0.3) is 5.91 Å². The fourth-order valence-electron chi connectivity index (χ4n) is 2.32. The van der Waals surface area contributed by atoms with E-state index in [4.69, 9.17) is 9.94 Å². The van der Waals surface area contributed by atoms with E-state index in [-0.39, 0.29) is 0 Å². The largest absolute Gasteiger partial charge is 0.457 e. The summed E-state index contributed by atoms with van der Waals surface area (Å²) in [6.45, 7) is 4.00. The van der Waals surface area contributed by atoms with E-state index in [1.54, 1.807) is 29.4 Å². The Morgan fingerprint density at radius 2 is 1.48 bits per heavy atom. The first-order valence-corrected chi connectivity index (χ1v) is 9.73. The first-order valence-electron chi connectivity index (χ1n) is 8.74. The first-order chi connectivity index (χ1) is 13.3. The molecule has 0 atom stereocenters. The van der Waals surface area contributed by atoms with Crippen LogP contribution in [0.3, 0.4) is 0 Å². The summed E-state index contributed by atoms with van der Waals surface area (Å²) in [6, 6.07) is 24.6. The number of rotatable bonds is 6. The Morgan fingerprint density at radius 1 is 0.889 bits per heavy atom. The average Bonchev–Trinajstić information content (AvgIpc) is 2.75. The molecule has 0 heterocycles. The molecule has 3 aromatic carbocycles. The molecule has 140 valence electrons. The summed E-state index contributed by atoms with van der Waals surface area (Å²) in [5, 5.41) is 8.83. The number of thioether (sulfide) groups is 1. The van der Waals surface area contributed by atoms with Gasteiger partial charge in [-0.3, -0.25) is 10.0 Å².